The number of aryl methyl sites for hydroxylation is 2. The fraction of sp³-hybridized carbons (Fsp3) is 0.318. The third kappa shape index (κ3) is 2.79. The fourth-order valence-electron chi connectivity index (χ4n) is 4.19. The SMILES string of the molecule is C/C(=C/C1CN(C)Cc2c1n(C)c1ccc(C)cc21)c1ccncc1. The van der Waals surface area contributed by atoms with Crippen molar-refractivity contribution in [1.82, 2.24) is 14.5 Å². The molecule has 3 aromatic rings. The van der Waals surface area contributed by atoms with E-state index in [9.17, 15) is 0 Å². The van der Waals surface area contributed by atoms with Crippen LogP contribution in [-0.4, -0.2) is 28.0 Å². The van der Waals surface area contributed by atoms with E-state index < -0.39 is 0 Å². The first-order valence-corrected chi connectivity index (χ1v) is 8.90. The quantitative estimate of drug-likeness (QED) is 0.689. The maximum absolute atomic E-state index is 4.13. The smallest absolute Gasteiger partial charge is 0.0483 e. The normalized spacial score (nSPS) is 18.6. The molecule has 1 atom stereocenters. The van der Waals surface area contributed by atoms with Crippen LogP contribution < -0.4 is 0 Å². The molecule has 3 nitrogen and oxygen atoms in total. The summed E-state index contributed by atoms with van der Waals surface area (Å²) in [4.78, 5) is 6.57. The van der Waals surface area contributed by atoms with Gasteiger partial charge in [-0.3, -0.25) is 4.98 Å². The summed E-state index contributed by atoms with van der Waals surface area (Å²) in [6, 6.07) is 11.0. The standard InChI is InChI=1S/C22H25N3/c1-15-5-6-21-19(11-15)20-14-24(3)13-18(22(20)25(21)4)12-16(2)17-7-9-23-10-8-17/h5-12,18H,13-14H2,1-4H3/b16-12-. The predicted octanol–water partition coefficient (Wildman–Crippen LogP) is 4.51. The van der Waals surface area contributed by atoms with Crippen LogP contribution in [0.2, 0.25) is 0 Å². The number of hydrogen-bond donors (Lipinski definition) is 0. The van der Waals surface area contributed by atoms with Crippen molar-refractivity contribution in [3.8, 4) is 0 Å². The summed E-state index contributed by atoms with van der Waals surface area (Å²) in [6.07, 6.45) is 6.16. The molecule has 0 N–H and O–H groups in total. The molecule has 0 saturated carbocycles. The van der Waals surface area contributed by atoms with E-state index in [0.717, 1.165) is 13.1 Å². The maximum atomic E-state index is 4.13. The van der Waals surface area contributed by atoms with Crippen molar-refractivity contribution in [2.45, 2.75) is 26.3 Å². The second-order valence-electron chi connectivity index (χ2n) is 7.33. The molecule has 25 heavy (non-hydrogen) atoms. The lowest BCUT2D eigenvalue weighted by Crippen LogP contribution is -2.30. The van der Waals surface area contributed by atoms with Crippen molar-refractivity contribution in [3.05, 3.63) is 71.2 Å². The van der Waals surface area contributed by atoms with Crippen LogP contribution in [0.5, 0.6) is 0 Å². The first kappa shape index (κ1) is 16.1. The molecule has 1 aliphatic heterocycles. The largest absolute Gasteiger partial charge is 0.347 e. The Labute approximate surface area is 149 Å². The van der Waals surface area contributed by atoms with Crippen LogP contribution in [0.15, 0.2) is 48.8 Å². The van der Waals surface area contributed by atoms with Gasteiger partial charge in [0.25, 0.3) is 0 Å². The average molecular weight is 331 g/mol. The van der Waals surface area contributed by atoms with E-state index in [-0.39, 0.29) is 0 Å². The van der Waals surface area contributed by atoms with Gasteiger partial charge >= 0.3 is 0 Å². The van der Waals surface area contributed by atoms with Gasteiger partial charge in [-0.1, -0.05) is 17.7 Å². The number of hydrogen-bond acceptors (Lipinski definition) is 2. The number of likely N-dealkylation sites (N-methyl/N-ethyl adjacent to an activating group) is 1. The lowest BCUT2D eigenvalue weighted by molar-refractivity contribution is 0.295. The van der Waals surface area contributed by atoms with Crippen LogP contribution in [0.3, 0.4) is 0 Å². The molecule has 1 aliphatic rings. The van der Waals surface area contributed by atoms with Gasteiger partial charge in [0.05, 0.1) is 0 Å². The summed E-state index contributed by atoms with van der Waals surface area (Å²) < 4.78 is 2.40. The molecule has 0 spiro atoms. The number of rotatable bonds is 2. The van der Waals surface area contributed by atoms with Crippen molar-refractivity contribution < 1.29 is 0 Å². The highest BCUT2D eigenvalue weighted by molar-refractivity contribution is 5.87. The van der Waals surface area contributed by atoms with Gasteiger partial charge in [-0.2, -0.15) is 0 Å². The number of allylic oxidation sites excluding steroid dienone is 1. The molecule has 0 fully saturated rings. The Bertz CT molecular complexity index is 950. The lowest BCUT2D eigenvalue weighted by atomic mass is 9.92. The Hall–Kier alpha value is -2.39. The number of pyridine rings is 1. The Balaban J connectivity index is 1.86. The lowest BCUT2D eigenvalue weighted by Gasteiger charge is -2.30. The molecule has 0 bridgehead atoms. The Morgan fingerprint density at radius 3 is 2.68 bits per heavy atom. The Kier molecular flexibility index (Phi) is 3.97. The van der Waals surface area contributed by atoms with Crippen LogP contribution in [-0.2, 0) is 13.6 Å². The zero-order valence-electron chi connectivity index (χ0n) is 15.5. The van der Waals surface area contributed by atoms with E-state index in [1.54, 1.807) is 0 Å². The molecule has 3 heterocycles. The van der Waals surface area contributed by atoms with E-state index in [0.29, 0.717) is 5.92 Å². The van der Waals surface area contributed by atoms with Crippen molar-refractivity contribution in [2.24, 2.45) is 7.05 Å². The van der Waals surface area contributed by atoms with Gasteiger partial charge in [0, 0.05) is 55.0 Å². The molecular weight excluding hydrogens is 306 g/mol. The number of aromatic nitrogens is 2. The van der Waals surface area contributed by atoms with Crippen molar-refractivity contribution in [2.75, 3.05) is 13.6 Å². The number of benzene rings is 1. The third-order valence-electron chi connectivity index (χ3n) is 5.38. The van der Waals surface area contributed by atoms with Crippen LogP contribution in [0, 0.1) is 6.92 Å². The summed E-state index contributed by atoms with van der Waals surface area (Å²) in [5.74, 6) is 0.402. The van der Waals surface area contributed by atoms with Gasteiger partial charge in [0.1, 0.15) is 0 Å². The summed E-state index contributed by atoms with van der Waals surface area (Å²) in [6.45, 7) is 6.46. The first-order valence-electron chi connectivity index (χ1n) is 8.90. The molecule has 2 aromatic heterocycles. The number of fused-ring (bicyclic) bond motifs is 3. The van der Waals surface area contributed by atoms with E-state index in [2.05, 4.69) is 78.8 Å². The van der Waals surface area contributed by atoms with Crippen LogP contribution in [0.4, 0.5) is 0 Å². The molecule has 0 amide bonds. The van der Waals surface area contributed by atoms with Crippen LogP contribution in [0.25, 0.3) is 16.5 Å². The topological polar surface area (TPSA) is 21.1 Å². The highest BCUT2D eigenvalue weighted by atomic mass is 15.1. The van der Waals surface area contributed by atoms with Crippen molar-refractivity contribution >= 4 is 16.5 Å². The minimum atomic E-state index is 0.402. The van der Waals surface area contributed by atoms with E-state index in [4.69, 9.17) is 0 Å². The second-order valence-corrected chi connectivity index (χ2v) is 7.33. The minimum Gasteiger partial charge on any atom is -0.347 e. The molecule has 1 aromatic carbocycles. The van der Waals surface area contributed by atoms with Gasteiger partial charge < -0.3 is 9.47 Å². The summed E-state index contributed by atoms with van der Waals surface area (Å²) in [5.41, 5.74) is 8.18. The van der Waals surface area contributed by atoms with Gasteiger partial charge in [0.15, 0.2) is 0 Å². The number of nitrogens with zero attached hydrogens (tertiary/aromatic N) is 3. The van der Waals surface area contributed by atoms with Crippen LogP contribution in [0.1, 0.15) is 35.2 Å². The summed E-state index contributed by atoms with van der Waals surface area (Å²) >= 11 is 0. The molecule has 3 heteroatoms. The van der Waals surface area contributed by atoms with Gasteiger partial charge in [-0.25, -0.2) is 0 Å². The molecule has 1 unspecified atom stereocenters. The molecule has 0 saturated heterocycles. The average Bonchev–Trinajstić information content (AvgIpc) is 2.87. The third-order valence-corrected chi connectivity index (χ3v) is 5.38. The molecule has 0 radical (unpaired) electrons. The summed E-state index contributed by atoms with van der Waals surface area (Å²) in [7, 11) is 4.44. The molecule has 128 valence electrons. The van der Waals surface area contributed by atoms with Gasteiger partial charge in [-0.15, -0.1) is 0 Å². The predicted molar refractivity (Wildman–Crippen MR) is 105 cm³/mol. The van der Waals surface area contributed by atoms with Gasteiger partial charge in [0.2, 0.25) is 0 Å². The van der Waals surface area contributed by atoms with E-state index in [1.807, 2.05) is 12.4 Å². The van der Waals surface area contributed by atoms with Crippen molar-refractivity contribution in [1.29, 1.82) is 0 Å². The van der Waals surface area contributed by atoms with Crippen LogP contribution >= 0.6 is 0 Å². The summed E-state index contributed by atoms with van der Waals surface area (Å²) in [5, 5.41) is 1.41. The van der Waals surface area contributed by atoms with E-state index >= 15 is 0 Å². The van der Waals surface area contributed by atoms with E-state index in [1.165, 1.54) is 38.9 Å². The Morgan fingerprint density at radius 1 is 1.16 bits per heavy atom. The van der Waals surface area contributed by atoms with Crippen molar-refractivity contribution in [3.63, 3.8) is 0 Å². The molecule has 4 rings (SSSR count). The maximum Gasteiger partial charge on any atom is 0.0483 e. The zero-order chi connectivity index (χ0) is 17.6. The molecule has 0 aliphatic carbocycles. The monoisotopic (exact) mass is 331 g/mol. The molecular formula is C22H25N3. The highest BCUT2D eigenvalue weighted by Crippen LogP contribution is 2.37. The first-order chi connectivity index (χ1) is 12.0. The fourth-order valence-corrected chi connectivity index (χ4v) is 4.19. The zero-order valence-corrected chi connectivity index (χ0v) is 15.5. The Morgan fingerprint density at radius 2 is 1.92 bits per heavy atom. The van der Waals surface area contributed by atoms with Gasteiger partial charge in [-0.05, 0) is 61.9 Å². The highest BCUT2D eigenvalue weighted by Gasteiger charge is 2.28. The minimum absolute atomic E-state index is 0.402. The second kappa shape index (κ2) is 6.16.